The summed E-state index contributed by atoms with van der Waals surface area (Å²) in [7, 11) is 0. The molecule has 94 valence electrons. The third-order valence-corrected chi connectivity index (χ3v) is 3.01. The Balaban J connectivity index is 2.60. The highest BCUT2D eigenvalue weighted by atomic mass is 15.3. The first kappa shape index (κ1) is 12.5. The summed E-state index contributed by atoms with van der Waals surface area (Å²) >= 11 is 0. The predicted molar refractivity (Wildman–Crippen MR) is 74.2 cm³/mol. The molecule has 0 atom stereocenters. The van der Waals surface area contributed by atoms with Gasteiger partial charge in [-0.1, -0.05) is 17.2 Å². The Morgan fingerprint density at radius 3 is 2.11 bits per heavy atom. The molecule has 2 aromatic rings. The molecule has 0 unspecified atom stereocenters. The van der Waals surface area contributed by atoms with Crippen LogP contribution in [-0.4, -0.2) is 9.97 Å². The number of nitrogens with one attached hydrogen (secondary N) is 1. The van der Waals surface area contributed by atoms with E-state index < -0.39 is 0 Å². The second-order valence-electron chi connectivity index (χ2n) is 4.63. The molecule has 0 aliphatic carbocycles. The Morgan fingerprint density at radius 2 is 1.56 bits per heavy atom. The summed E-state index contributed by atoms with van der Waals surface area (Å²) in [6, 6.07) is 6.29. The summed E-state index contributed by atoms with van der Waals surface area (Å²) < 4.78 is 0. The van der Waals surface area contributed by atoms with Gasteiger partial charge in [0.1, 0.15) is 5.82 Å². The highest BCUT2D eigenvalue weighted by Gasteiger charge is 2.09. The van der Waals surface area contributed by atoms with Crippen LogP contribution in [0.3, 0.4) is 0 Å². The quantitative estimate of drug-likeness (QED) is 0.627. The molecule has 0 bridgehead atoms. The molecule has 3 N–H and O–H groups in total. The normalized spacial score (nSPS) is 10.5. The Kier molecular flexibility index (Phi) is 3.30. The van der Waals surface area contributed by atoms with Crippen molar-refractivity contribution in [2.24, 2.45) is 5.84 Å². The third kappa shape index (κ3) is 2.33. The van der Waals surface area contributed by atoms with Gasteiger partial charge in [0.05, 0.1) is 0 Å². The van der Waals surface area contributed by atoms with E-state index in [1.807, 2.05) is 13.8 Å². The molecule has 0 radical (unpaired) electrons. The highest BCUT2D eigenvalue weighted by molar-refractivity contribution is 5.61. The molecular weight excluding hydrogens is 224 g/mol. The fourth-order valence-corrected chi connectivity index (χ4v) is 2.00. The van der Waals surface area contributed by atoms with E-state index in [1.165, 1.54) is 11.1 Å². The van der Waals surface area contributed by atoms with E-state index in [9.17, 15) is 0 Å². The number of anilines is 1. The van der Waals surface area contributed by atoms with Gasteiger partial charge in [-0.05, 0) is 39.8 Å². The van der Waals surface area contributed by atoms with Crippen LogP contribution < -0.4 is 11.3 Å². The molecule has 2 rings (SSSR count). The average molecular weight is 242 g/mol. The summed E-state index contributed by atoms with van der Waals surface area (Å²) in [5, 5.41) is 0. The molecule has 4 heteroatoms. The highest BCUT2D eigenvalue weighted by Crippen LogP contribution is 2.22. The van der Waals surface area contributed by atoms with E-state index in [0.29, 0.717) is 11.6 Å². The molecule has 0 aliphatic heterocycles. The Labute approximate surface area is 107 Å². The number of aromatic nitrogens is 2. The Hall–Kier alpha value is -1.94. The minimum atomic E-state index is 0.677. The van der Waals surface area contributed by atoms with Gasteiger partial charge in [0.15, 0.2) is 5.82 Å². The van der Waals surface area contributed by atoms with Crippen LogP contribution in [0.5, 0.6) is 0 Å². The number of benzene rings is 1. The van der Waals surface area contributed by atoms with Crippen molar-refractivity contribution in [2.45, 2.75) is 27.7 Å². The van der Waals surface area contributed by atoms with Crippen LogP contribution in [0.1, 0.15) is 22.4 Å². The van der Waals surface area contributed by atoms with Crippen LogP contribution in [0.25, 0.3) is 11.4 Å². The van der Waals surface area contributed by atoms with E-state index >= 15 is 0 Å². The second kappa shape index (κ2) is 4.74. The van der Waals surface area contributed by atoms with Crippen LogP contribution in [0.2, 0.25) is 0 Å². The van der Waals surface area contributed by atoms with E-state index in [-0.39, 0.29) is 0 Å². The van der Waals surface area contributed by atoms with Crippen LogP contribution >= 0.6 is 0 Å². The third-order valence-electron chi connectivity index (χ3n) is 3.01. The monoisotopic (exact) mass is 242 g/mol. The molecule has 4 nitrogen and oxygen atoms in total. The Morgan fingerprint density at radius 1 is 0.944 bits per heavy atom. The van der Waals surface area contributed by atoms with E-state index in [0.717, 1.165) is 16.8 Å². The lowest BCUT2D eigenvalue weighted by Crippen LogP contribution is -2.12. The lowest BCUT2D eigenvalue weighted by atomic mass is 10.1. The van der Waals surface area contributed by atoms with Crippen LogP contribution in [-0.2, 0) is 0 Å². The summed E-state index contributed by atoms with van der Waals surface area (Å²) in [6.45, 7) is 8.05. The maximum absolute atomic E-state index is 5.49. The first-order valence-corrected chi connectivity index (χ1v) is 5.92. The number of aryl methyl sites for hydroxylation is 3. The summed E-state index contributed by atoms with van der Waals surface area (Å²) in [5.74, 6) is 6.87. The van der Waals surface area contributed by atoms with E-state index in [4.69, 9.17) is 5.84 Å². The standard InChI is InChI=1S/C14H18N4/c1-8-5-9(2)7-12(6-8)14-16-11(4)10(3)13(17-14)18-15/h5-7H,15H2,1-4H3,(H,16,17,18). The first-order chi connectivity index (χ1) is 8.51. The first-order valence-electron chi connectivity index (χ1n) is 5.92. The molecule has 0 saturated heterocycles. The van der Waals surface area contributed by atoms with Crippen LogP contribution in [0.4, 0.5) is 5.82 Å². The van der Waals surface area contributed by atoms with Gasteiger partial charge < -0.3 is 5.43 Å². The molecule has 0 amide bonds. The molecule has 1 heterocycles. The Bertz CT molecular complexity index is 570. The zero-order valence-electron chi connectivity index (χ0n) is 11.2. The largest absolute Gasteiger partial charge is 0.308 e. The molecule has 0 saturated carbocycles. The maximum atomic E-state index is 5.49. The molecular formula is C14H18N4. The van der Waals surface area contributed by atoms with Gasteiger partial charge >= 0.3 is 0 Å². The van der Waals surface area contributed by atoms with Crippen molar-refractivity contribution in [1.82, 2.24) is 9.97 Å². The van der Waals surface area contributed by atoms with Gasteiger partial charge in [0.2, 0.25) is 0 Å². The summed E-state index contributed by atoms with van der Waals surface area (Å²) in [6.07, 6.45) is 0. The minimum Gasteiger partial charge on any atom is -0.308 e. The predicted octanol–water partition coefficient (Wildman–Crippen LogP) is 2.66. The second-order valence-corrected chi connectivity index (χ2v) is 4.63. The number of hydrazine groups is 1. The van der Waals surface area contributed by atoms with Crippen molar-refractivity contribution < 1.29 is 0 Å². The van der Waals surface area contributed by atoms with E-state index in [1.54, 1.807) is 0 Å². The number of nitrogens with zero attached hydrogens (tertiary/aromatic N) is 2. The van der Waals surface area contributed by atoms with Gasteiger partial charge in [-0.15, -0.1) is 0 Å². The van der Waals surface area contributed by atoms with Crippen molar-refractivity contribution in [3.05, 3.63) is 40.6 Å². The minimum absolute atomic E-state index is 0.677. The molecule has 1 aromatic carbocycles. The van der Waals surface area contributed by atoms with Crippen LogP contribution in [0.15, 0.2) is 18.2 Å². The molecule has 18 heavy (non-hydrogen) atoms. The number of hydrogen-bond donors (Lipinski definition) is 2. The number of rotatable bonds is 2. The number of nitrogen functional groups attached to an aromatic ring is 1. The lowest BCUT2D eigenvalue weighted by molar-refractivity contribution is 1.06. The number of hydrogen-bond acceptors (Lipinski definition) is 4. The molecule has 0 fully saturated rings. The van der Waals surface area contributed by atoms with Gasteiger partial charge in [0.25, 0.3) is 0 Å². The molecule has 1 aromatic heterocycles. The SMILES string of the molecule is Cc1cc(C)cc(-c2nc(C)c(C)c(NN)n2)c1. The fraction of sp³-hybridized carbons (Fsp3) is 0.286. The van der Waals surface area contributed by atoms with Crippen LogP contribution in [0, 0.1) is 27.7 Å². The topological polar surface area (TPSA) is 63.8 Å². The van der Waals surface area contributed by atoms with Crippen molar-refractivity contribution >= 4 is 5.82 Å². The maximum Gasteiger partial charge on any atom is 0.161 e. The van der Waals surface area contributed by atoms with E-state index in [2.05, 4.69) is 47.4 Å². The van der Waals surface area contributed by atoms with Gasteiger partial charge in [-0.2, -0.15) is 0 Å². The van der Waals surface area contributed by atoms with Crippen molar-refractivity contribution in [1.29, 1.82) is 0 Å². The zero-order chi connectivity index (χ0) is 13.3. The van der Waals surface area contributed by atoms with Gasteiger partial charge in [-0.3, -0.25) is 0 Å². The smallest absolute Gasteiger partial charge is 0.161 e. The molecule has 0 spiro atoms. The van der Waals surface area contributed by atoms with Crippen molar-refractivity contribution in [2.75, 3.05) is 5.43 Å². The average Bonchev–Trinajstić information content (AvgIpc) is 2.31. The summed E-state index contributed by atoms with van der Waals surface area (Å²) in [4.78, 5) is 8.98. The number of nitrogens with two attached hydrogens (primary N) is 1. The van der Waals surface area contributed by atoms with Gasteiger partial charge in [0, 0.05) is 16.8 Å². The fourth-order valence-electron chi connectivity index (χ4n) is 2.00. The lowest BCUT2D eigenvalue weighted by Gasteiger charge is -2.10. The zero-order valence-corrected chi connectivity index (χ0v) is 11.2. The van der Waals surface area contributed by atoms with Gasteiger partial charge in [-0.25, -0.2) is 15.8 Å². The molecule has 0 aliphatic rings. The summed E-state index contributed by atoms with van der Waals surface area (Å²) in [5.41, 5.74) is 7.97. The van der Waals surface area contributed by atoms with Crippen molar-refractivity contribution in [3.63, 3.8) is 0 Å². The van der Waals surface area contributed by atoms with Crippen molar-refractivity contribution in [3.8, 4) is 11.4 Å².